The fourth-order valence-corrected chi connectivity index (χ4v) is 4.68. The van der Waals surface area contributed by atoms with E-state index in [1.54, 1.807) is 26.5 Å². The quantitative estimate of drug-likeness (QED) is 0.364. The monoisotopic (exact) mass is 482 g/mol. The van der Waals surface area contributed by atoms with Crippen LogP contribution in [-0.2, 0) is 17.6 Å². The maximum Gasteiger partial charge on any atom is 0.244 e. The molecular weight excluding hydrogens is 448 g/mol. The number of nitrogens with one attached hydrogen (secondary N) is 1. The number of carbonyl (C=O) groups excluding carboxylic acids is 1. The number of carbonyl (C=O) groups is 1. The topological polar surface area (TPSA) is 60.5 Å². The predicted octanol–water partition coefficient (Wildman–Crippen LogP) is 5.93. The van der Waals surface area contributed by atoms with Crippen molar-refractivity contribution in [3.8, 4) is 11.5 Å². The van der Waals surface area contributed by atoms with E-state index in [4.69, 9.17) is 9.47 Å². The number of methoxy groups -OCH3 is 2. The Morgan fingerprint density at radius 2 is 1.83 bits per heavy atom. The molecule has 1 amide bonds. The highest BCUT2D eigenvalue weighted by Crippen LogP contribution is 2.38. The molecule has 36 heavy (non-hydrogen) atoms. The zero-order valence-corrected chi connectivity index (χ0v) is 21.3. The molecule has 1 heterocycles. The molecule has 0 saturated carbocycles. The minimum atomic E-state index is -0.0639. The molecule has 186 valence electrons. The van der Waals surface area contributed by atoms with Gasteiger partial charge < -0.3 is 14.8 Å². The maximum atomic E-state index is 12.7. The van der Waals surface area contributed by atoms with Gasteiger partial charge in [-0.25, -0.2) is 0 Å². The van der Waals surface area contributed by atoms with E-state index < -0.39 is 0 Å². The lowest BCUT2D eigenvalue weighted by Crippen LogP contribution is -2.31. The SMILES string of the molecule is COc1ccc(C2=C(/C=C/C(=O)N[C@@H](C)CCCc3cccnc3)CCc3cc(OC)ccc32)cc1. The number of amides is 1. The van der Waals surface area contributed by atoms with Gasteiger partial charge in [0.25, 0.3) is 0 Å². The van der Waals surface area contributed by atoms with Crippen molar-refractivity contribution in [1.29, 1.82) is 0 Å². The van der Waals surface area contributed by atoms with Crippen LogP contribution in [0.2, 0.25) is 0 Å². The number of pyridine rings is 1. The maximum absolute atomic E-state index is 12.7. The van der Waals surface area contributed by atoms with Gasteiger partial charge in [0.1, 0.15) is 11.5 Å². The second kappa shape index (κ2) is 12.2. The van der Waals surface area contributed by atoms with Crippen molar-refractivity contribution in [3.05, 3.63) is 107 Å². The third kappa shape index (κ3) is 6.42. The Morgan fingerprint density at radius 3 is 2.56 bits per heavy atom. The van der Waals surface area contributed by atoms with Crippen LogP contribution in [0.15, 0.2) is 84.7 Å². The first kappa shape index (κ1) is 25.2. The fourth-order valence-electron chi connectivity index (χ4n) is 4.68. The van der Waals surface area contributed by atoms with Gasteiger partial charge in [0.15, 0.2) is 0 Å². The molecule has 0 spiro atoms. The van der Waals surface area contributed by atoms with Crippen molar-refractivity contribution in [3.63, 3.8) is 0 Å². The first-order valence-electron chi connectivity index (χ1n) is 12.5. The number of rotatable bonds is 10. The lowest BCUT2D eigenvalue weighted by atomic mass is 9.82. The van der Waals surface area contributed by atoms with Gasteiger partial charge in [-0.1, -0.05) is 30.3 Å². The molecule has 0 radical (unpaired) electrons. The molecule has 1 atom stereocenters. The number of nitrogens with zero attached hydrogens (tertiary/aromatic N) is 1. The van der Waals surface area contributed by atoms with Crippen LogP contribution < -0.4 is 14.8 Å². The minimum absolute atomic E-state index is 0.0639. The zero-order valence-electron chi connectivity index (χ0n) is 21.3. The summed E-state index contributed by atoms with van der Waals surface area (Å²) in [5.74, 6) is 1.61. The number of hydrogen-bond acceptors (Lipinski definition) is 4. The highest BCUT2D eigenvalue weighted by Gasteiger charge is 2.20. The molecule has 5 heteroatoms. The first-order valence-corrected chi connectivity index (χ1v) is 12.5. The van der Waals surface area contributed by atoms with E-state index in [2.05, 4.69) is 47.6 Å². The average molecular weight is 483 g/mol. The summed E-state index contributed by atoms with van der Waals surface area (Å²) in [4.78, 5) is 16.9. The van der Waals surface area contributed by atoms with Crippen molar-refractivity contribution in [2.75, 3.05) is 14.2 Å². The van der Waals surface area contributed by atoms with Crippen LogP contribution >= 0.6 is 0 Å². The van der Waals surface area contributed by atoms with Gasteiger partial charge >= 0.3 is 0 Å². The van der Waals surface area contributed by atoms with Crippen molar-refractivity contribution in [2.45, 2.75) is 45.1 Å². The summed E-state index contributed by atoms with van der Waals surface area (Å²) in [6, 6.07) is 18.5. The largest absolute Gasteiger partial charge is 0.497 e. The molecule has 1 aromatic heterocycles. The normalized spacial score (nSPS) is 13.9. The first-order chi connectivity index (χ1) is 17.6. The molecule has 0 fully saturated rings. The Morgan fingerprint density at radius 1 is 1.06 bits per heavy atom. The molecule has 0 saturated heterocycles. The number of ether oxygens (including phenoxy) is 2. The number of aromatic nitrogens is 1. The van der Waals surface area contributed by atoms with Gasteiger partial charge in [0, 0.05) is 24.5 Å². The molecule has 5 nitrogen and oxygen atoms in total. The van der Waals surface area contributed by atoms with E-state index in [0.29, 0.717) is 0 Å². The van der Waals surface area contributed by atoms with Crippen LogP contribution in [0.3, 0.4) is 0 Å². The average Bonchev–Trinajstić information content (AvgIpc) is 2.92. The second-order valence-electron chi connectivity index (χ2n) is 9.15. The summed E-state index contributed by atoms with van der Waals surface area (Å²) in [5.41, 5.74) is 7.06. The Hall–Kier alpha value is -3.86. The van der Waals surface area contributed by atoms with Gasteiger partial charge in [0.2, 0.25) is 5.91 Å². The van der Waals surface area contributed by atoms with Crippen LogP contribution in [0.1, 0.15) is 48.4 Å². The number of fused-ring (bicyclic) bond motifs is 1. The van der Waals surface area contributed by atoms with E-state index in [1.807, 2.05) is 36.5 Å². The van der Waals surface area contributed by atoms with Crippen molar-refractivity contribution in [2.24, 2.45) is 0 Å². The Bertz CT molecular complexity index is 1230. The molecule has 1 aliphatic rings. The molecule has 2 aromatic carbocycles. The summed E-state index contributed by atoms with van der Waals surface area (Å²) >= 11 is 0. The van der Waals surface area contributed by atoms with E-state index in [-0.39, 0.29) is 11.9 Å². The third-order valence-corrected chi connectivity index (χ3v) is 6.60. The smallest absolute Gasteiger partial charge is 0.244 e. The summed E-state index contributed by atoms with van der Waals surface area (Å²) in [7, 11) is 3.36. The van der Waals surface area contributed by atoms with E-state index in [9.17, 15) is 4.79 Å². The molecular formula is C31H34N2O3. The summed E-state index contributed by atoms with van der Waals surface area (Å²) < 4.78 is 10.8. The number of benzene rings is 2. The van der Waals surface area contributed by atoms with Crippen LogP contribution in [0, 0.1) is 0 Å². The van der Waals surface area contributed by atoms with Crippen LogP contribution in [0.4, 0.5) is 0 Å². The van der Waals surface area contributed by atoms with Gasteiger partial charge in [-0.05, 0) is 103 Å². The van der Waals surface area contributed by atoms with Crippen molar-refractivity contribution in [1.82, 2.24) is 10.3 Å². The Kier molecular flexibility index (Phi) is 8.56. The van der Waals surface area contributed by atoms with E-state index in [0.717, 1.165) is 60.3 Å². The molecule has 1 aliphatic carbocycles. The van der Waals surface area contributed by atoms with E-state index in [1.165, 1.54) is 16.7 Å². The number of allylic oxidation sites excluding steroid dienone is 2. The highest BCUT2D eigenvalue weighted by molar-refractivity contribution is 5.91. The number of hydrogen-bond donors (Lipinski definition) is 1. The second-order valence-corrected chi connectivity index (χ2v) is 9.15. The van der Waals surface area contributed by atoms with Crippen molar-refractivity contribution >= 4 is 11.5 Å². The summed E-state index contributed by atoms with van der Waals surface area (Å²) in [6.07, 6.45) is 12.0. The Labute approximate surface area is 213 Å². The molecule has 0 bridgehead atoms. The predicted molar refractivity (Wildman–Crippen MR) is 144 cm³/mol. The van der Waals surface area contributed by atoms with Crippen LogP contribution in [0.5, 0.6) is 11.5 Å². The third-order valence-electron chi connectivity index (χ3n) is 6.60. The summed E-state index contributed by atoms with van der Waals surface area (Å²) in [5, 5.41) is 3.11. The van der Waals surface area contributed by atoms with Gasteiger partial charge in [-0.3, -0.25) is 9.78 Å². The van der Waals surface area contributed by atoms with Crippen molar-refractivity contribution < 1.29 is 14.3 Å². The van der Waals surface area contributed by atoms with Gasteiger partial charge in [-0.15, -0.1) is 0 Å². The van der Waals surface area contributed by atoms with E-state index >= 15 is 0 Å². The fraction of sp³-hybridized carbons (Fsp3) is 0.290. The molecule has 4 rings (SSSR count). The Balaban J connectivity index is 1.49. The number of aryl methyl sites for hydroxylation is 2. The zero-order chi connectivity index (χ0) is 25.3. The van der Waals surface area contributed by atoms with Crippen LogP contribution in [0.25, 0.3) is 5.57 Å². The van der Waals surface area contributed by atoms with Gasteiger partial charge in [0.05, 0.1) is 14.2 Å². The lowest BCUT2D eigenvalue weighted by Gasteiger charge is -2.23. The molecule has 0 aliphatic heterocycles. The van der Waals surface area contributed by atoms with Gasteiger partial charge in [-0.2, -0.15) is 0 Å². The standard InChI is InChI=1S/C31H34N2O3/c1-22(6-4-7-23-8-5-19-32-21-23)33-30(34)18-13-24-9-10-26-20-28(36-3)16-17-29(26)31(24)25-11-14-27(35-2)15-12-25/h5,8,11-22H,4,6-7,9-10H2,1-3H3,(H,33,34)/b18-13+/t22-/m0/s1. The minimum Gasteiger partial charge on any atom is -0.497 e. The molecule has 1 N–H and O–H groups in total. The lowest BCUT2D eigenvalue weighted by molar-refractivity contribution is -0.117. The molecule has 0 unspecified atom stereocenters. The molecule has 3 aromatic rings. The van der Waals surface area contributed by atoms with Crippen LogP contribution in [-0.4, -0.2) is 31.2 Å². The summed E-state index contributed by atoms with van der Waals surface area (Å²) in [6.45, 7) is 2.06. The highest BCUT2D eigenvalue weighted by atomic mass is 16.5.